The number of aromatic nitrogens is 1. The molecule has 0 fully saturated rings. The second-order valence-electron chi connectivity index (χ2n) is 3.27. The summed E-state index contributed by atoms with van der Waals surface area (Å²) < 4.78 is 0. The van der Waals surface area contributed by atoms with Crippen molar-refractivity contribution in [3.63, 3.8) is 0 Å². The standard InChI is InChI=1S/C9H12N2O/c10-7-3-6-4-8(12)1-2-9(6)11-5-7/h3,5,8,12H,1-2,4,10H2/t8-/m0/s1. The normalized spacial score (nSPS) is 21.9. The Labute approximate surface area is 71.2 Å². The number of nitrogen functional groups attached to an aromatic ring is 1. The van der Waals surface area contributed by atoms with Crippen molar-refractivity contribution in [2.45, 2.75) is 25.4 Å². The molecule has 0 spiro atoms. The van der Waals surface area contributed by atoms with Gasteiger partial charge in [-0.15, -0.1) is 0 Å². The molecule has 3 N–H and O–H groups in total. The number of aliphatic hydroxyl groups is 1. The average Bonchev–Trinajstić information content (AvgIpc) is 2.03. The van der Waals surface area contributed by atoms with Crippen molar-refractivity contribution in [2.75, 3.05) is 5.73 Å². The third kappa shape index (κ3) is 1.28. The van der Waals surface area contributed by atoms with E-state index < -0.39 is 0 Å². The summed E-state index contributed by atoms with van der Waals surface area (Å²) in [7, 11) is 0. The van der Waals surface area contributed by atoms with Crippen molar-refractivity contribution in [3.8, 4) is 0 Å². The fourth-order valence-electron chi connectivity index (χ4n) is 1.62. The van der Waals surface area contributed by atoms with Crippen LogP contribution in [-0.4, -0.2) is 16.2 Å². The van der Waals surface area contributed by atoms with Crippen LogP contribution in [0.1, 0.15) is 17.7 Å². The number of fused-ring (bicyclic) bond motifs is 1. The lowest BCUT2D eigenvalue weighted by Crippen LogP contribution is -2.19. The molecular weight excluding hydrogens is 152 g/mol. The molecule has 1 aliphatic rings. The minimum atomic E-state index is -0.207. The first kappa shape index (κ1) is 7.55. The number of nitrogens with zero attached hydrogens (tertiary/aromatic N) is 1. The highest BCUT2D eigenvalue weighted by Crippen LogP contribution is 2.20. The smallest absolute Gasteiger partial charge is 0.0585 e. The van der Waals surface area contributed by atoms with Crippen LogP contribution in [0.5, 0.6) is 0 Å². The lowest BCUT2D eigenvalue weighted by molar-refractivity contribution is 0.158. The minimum absolute atomic E-state index is 0.207. The molecule has 12 heavy (non-hydrogen) atoms. The zero-order valence-electron chi connectivity index (χ0n) is 6.83. The summed E-state index contributed by atoms with van der Waals surface area (Å²) in [5.41, 5.74) is 8.46. The second kappa shape index (κ2) is 2.75. The summed E-state index contributed by atoms with van der Waals surface area (Å²) in [5.74, 6) is 0. The Morgan fingerprint density at radius 3 is 3.25 bits per heavy atom. The van der Waals surface area contributed by atoms with Gasteiger partial charge in [0.2, 0.25) is 0 Å². The zero-order chi connectivity index (χ0) is 8.55. The van der Waals surface area contributed by atoms with Crippen LogP contribution >= 0.6 is 0 Å². The van der Waals surface area contributed by atoms with Gasteiger partial charge >= 0.3 is 0 Å². The number of pyridine rings is 1. The van der Waals surface area contributed by atoms with Gasteiger partial charge < -0.3 is 10.8 Å². The number of hydrogen-bond acceptors (Lipinski definition) is 3. The summed E-state index contributed by atoms with van der Waals surface area (Å²) in [6.45, 7) is 0. The SMILES string of the molecule is Nc1cnc2c(c1)C[C@@H](O)CC2. The van der Waals surface area contributed by atoms with E-state index in [2.05, 4.69) is 4.98 Å². The number of rotatable bonds is 0. The minimum Gasteiger partial charge on any atom is -0.397 e. The molecule has 0 radical (unpaired) electrons. The highest BCUT2D eigenvalue weighted by atomic mass is 16.3. The van der Waals surface area contributed by atoms with Crippen LogP contribution in [0.4, 0.5) is 5.69 Å². The molecule has 0 bridgehead atoms. The summed E-state index contributed by atoms with van der Waals surface area (Å²) in [4.78, 5) is 4.22. The van der Waals surface area contributed by atoms with Crippen molar-refractivity contribution in [1.82, 2.24) is 4.98 Å². The van der Waals surface area contributed by atoms with Crippen LogP contribution in [-0.2, 0) is 12.8 Å². The molecule has 1 aliphatic carbocycles. The Balaban J connectivity index is 2.37. The second-order valence-corrected chi connectivity index (χ2v) is 3.27. The summed E-state index contributed by atoms with van der Waals surface area (Å²) in [6.07, 6.45) is 3.87. The number of aliphatic hydroxyl groups excluding tert-OH is 1. The first-order chi connectivity index (χ1) is 5.75. The van der Waals surface area contributed by atoms with Gasteiger partial charge in [0.15, 0.2) is 0 Å². The van der Waals surface area contributed by atoms with E-state index in [9.17, 15) is 5.11 Å². The maximum Gasteiger partial charge on any atom is 0.0585 e. The molecule has 0 aliphatic heterocycles. The van der Waals surface area contributed by atoms with Crippen LogP contribution < -0.4 is 5.73 Å². The van der Waals surface area contributed by atoms with Crippen molar-refractivity contribution < 1.29 is 5.11 Å². The Bertz CT molecular complexity index is 299. The Kier molecular flexibility index (Phi) is 1.73. The number of anilines is 1. The molecular formula is C9H12N2O. The van der Waals surface area contributed by atoms with Gasteiger partial charge in [-0.05, 0) is 24.5 Å². The van der Waals surface area contributed by atoms with Gasteiger partial charge in [0.1, 0.15) is 0 Å². The van der Waals surface area contributed by atoms with Gasteiger partial charge in [0, 0.05) is 12.1 Å². The maximum absolute atomic E-state index is 9.38. The largest absolute Gasteiger partial charge is 0.397 e. The van der Waals surface area contributed by atoms with Gasteiger partial charge in [0.25, 0.3) is 0 Å². The highest BCUT2D eigenvalue weighted by Gasteiger charge is 2.16. The van der Waals surface area contributed by atoms with E-state index in [1.54, 1.807) is 6.20 Å². The summed E-state index contributed by atoms with van der Waals surface area (Å²) in [6, 6.07) is 1.91. The molecule has 0 saturated carbocycles. The van der Waals surface area contributed by atoms with Crippen molar-refractivity contribution in [1.29, 1.82) is 0 Å². The van der Waals surface area contributed by atoms with Gasteiger partial charge in [-0.1, -0.05) is 0 Å². The summed E-state index contributed by atoms with van der Waals surface area (Å²) >= 11 is 0. The lowest BCUT2D eigenvalue weighted by Gasteiger charge is -2.19. The molecule has 1 aromatic heterocycles. The fraction of sp³-hybridized carbons (Fsp3) is 0.444. The Morgan fingerprint density at radius 2 is 2.42 bits per heavy atom. The molecule has 64 valence electrons. The van der Waals surface area contributed by atoms with E-state index in [4.69, 9.17) is 5.73 Å². The van der Waals surface area contributed by atoms with Crippen LogP contribution in [0, 0.1) is 0 Å². The first-order valence-electron chi connectivity index (χ1n) is 4.17. The van der Waals surface area contributed by atoms with E-state index in [-0.39, 0.29) is 6.10 Å². The maximum atomic E-state index is 9.38. The van der Waals surface area contributed by atoms with E-state index in [0.29, 0.717) is 12.1 Å². The van der Waals surface area contributed by atoms with Gasteiger partial charge in [-0.25, -0.2) is 0 Å². The van der Waals surface area contributed by atoms with Crippen molar-refractivity contribution >= 4 is 5.69 Å². The predicted octanol–water partition coefficient (Wildman–Crippen LogP) is 0.513. The molecule has 3 heteroatoms. The quantitative estimate of drug-likeness (QED) is 0.587. The highest BCUT2D eigenvalue weighted by molar-refractivity contribution is 5.41. The van der Waals surface area contributed by atoms with Crippen molar-refractivity contribution in [3.05, 3.63) is 23.5 Å². The molecule has 1 atom stereocenters. The Morgan fingerprint density at radius 1 is 1.58 bits per heavy atom. The van der Waals surface area contributed by atoms with Gasteiger partial charge in [0.05, 0.1) is 18.0 Å². The number of aryl methyl sites for hydroxylation is 1. The van der Waals surface area contributed by atoms with E-state index >= 15 is 0 Å². The van der Waals surface area contributed by atoms with Gasteiger partial charge in [-0.2, -0.15) is 0 Å². The molecule has 3 nitrogen and oxygen atoms in total. The predicted molar refractivity (Wildman–Crippen MR) is 46.7 cm³/mol. The van der Waals surface area contributed by atoms with E-state index in [1.165, 1.54) is 0 Å². The third-order valence-electron chi connectivity index (χ3n) is 2.25. The molecule has 0 amide bonds. The topological polar surface area (TPSA) is 59.1 Å². The molecule has 0 aromatic carbocycles. The van der Waals surface area contributed by atoms with Crippen LogP contribution in [0.25, 0.3) is 0 Å². The fourth-order valence-corrected chi connectivity index (χ4v) is 1.62. The zero-order valence-corrected chi connectivity index (χ0v) is 6.83. The molecule has 1 heterocycles. The Hall–Kier alpha value is -1.09. The van der Waals surface area contributed by atoms with E-state index in [0.717, 1.165) is 24.1 Å². The van der Waals surface area contributed by atoms with Crippen LogP contribution in [0.15, 0.2) is 12.3 Å². The molecule has 0 unspecified atom stereocenters. The lowest BCUT2D eigenvalue weighted by atomic mass is 9.94. The van der Waals surface area contributed by atoms with Crippen LogP contribution in [0.2, 0.25) is 0 Å². The molecule has 2 rings (SSSR count). The molecule has 0 saturated heterocycles. The van der Waals surface area contributed by atoms with E-state index in [1.807, 2.05) is 6.07 Å². The number of hydrogen-bond donors (Lipinski definition) is 2. The van der Waals surface area contributed by atoms with Crippen molar-refractivity contribution in [2.24, 2.45) is 0 Å². The summed E-state index contributed by atoms with van der Waals surface area (Å²) in [5, 5.41) is 9.38. The number of nitrogens with two attached hydrogens (primary N) is 1. The van der Waals surface area contributed by atoms with Crippen LogP contribution in [0.3, 0.4) is 0 Å². The van der Waals surface area contributed by atoms with Gasteiger partial charge in [-0.3, -0.25) is 4.98 Å². The first-order valence-corrected chi connectivity index (χ1v) is 4.17. The monoisotopic (exact) mass is 164 g/mol. The molecule has 1 aromatic rings. The average molecular weight is 164 g/mol. The third-order valence-corrected chi connectivity index (χ3v) is 2.25.